The summed E-state index contributed by atoms with van der Waals surface area (Å²) in [4.78, 5) is 12.0. The number of rotatable bonds is 10. The Balaban J connectivity index is 3.06. The van der Waals surface area contributed by atoms with Crippen LogP contribution in [-0.2, 0) is 9.53 Å². The summed E-state index contributed by atoms with van der Waals surface area (Å²) in [5, 5.41) is 0. The minimum Gasteiger partial charge on any atom is -0.455 e. The molecule has 2 aromatic rings. The average Bonchev–Trinajstić information content (AvgIpc) is 2.75. The van der Waals surface area contributed by atoms with Crippen LogP contribution in [0.25, 0.3) is 0 Å². The van der Waals surface area contributed by atoms with Crippen LogP contribution in [0.3, 0.4) is 0 Å². The van der Waals surface area contributed by atoms with Gasteiger partial charge in [0.2, 0.25) is 0 Å². The third-order valence-corrected chi connectivity index (χ3v) is 7.07. The van der Waals surface area contributed by atoms with E-state index in [1.54, 1.807) is 0 Å². The van der Waals surface area contributed by atoms with Gasteiger partial charge >= 0.3 is 0 Å². The van der Waals surface area contributed by atoms with Crippen LogP contribution in [0.2, 0.25) is 0 Å². The zero-order valence-electron chi connectivity index (χ0n) is 23.7. The van der Waals surface area contributed by atoms with E-state index in [1.165, 1.54) is 44.5 Å². The number of carbonyl (C=O) groups is 1. The largest absolute Gasteiger partial charge is 0.455 e. The summed E-state index contributed by atoms with van der Waals surface area (Å²) in [5.41, 5.74) is 10.2. The number of benzene rings is 2. The monoisotopic (exact) mass is 464 g/mol. The smallest absolute Gasteiger partial charge is 0.294 e. The van der Waals surface area contributed by atoms with E-state index in [9.17, 15) is 4.79 Å². The molecule has 0 N–H and O–H groups in total. The first-order chi connectivity index (χ1) is 15.8. The second-order valence-corrected chi connectivity index (χ2v) is 11.8. The van der Waals surface area contributed by atoms with Gasteiger partial charge in [0.05, 0.1) is 0 Å². The summed E-state index contributed by atoms with van der Waals surface area (Å²) in [6, 6.07) is 9.41. The Bertz CT molecular complexity index is 843. The van der Waals surface area contributed by atoms with E-state index in [2.05, 4.69) is 107 Å². The lowest BCUT2D eigenvalue weighted by molar-refractivity contribution is -0.132. The maximum atomic E-state index is 12.0. The van der Waals surface area contributed by atoms with Crippen LogP contribution in [0, 0.1) is 0 Å². The van der Waals surface area contributed by atoms with Crippen molar-refractivity contribution in [2.24, 2.45) is 0 Å². The van der Waals surface area contributed by atoms with Crippen molar-refractivity contribution in [3.05, 3.63) is 68.8 Å². The molecule has 2 rings (SSSR count). The molecule has 2 aromatic carbocycles. The van der Waals surface area contributed by atoms with E-state index in [4.69, 9.17) is 4.74 Å². The third kappa shape index (κ3) is 5.93. The van der Waals surface area contributed by atoms with E-state index in [0.717, 1.165) is 0 Å². The topological polar surface area (TPSA) is 26.3 Å². The highest BCUT2D eigenvalue weighted by Gasteiger charge is 2.31. The van der Waals surface area contributed by atoms with E-state index >= 15 is 0 Å². The SMILES string of the molecule is CC(C)c1cc(C(C)C)c(C(OC=O)c2c(C(C)C)cc(C(C)C)cc2C(C)C)c(C(C)C)c1. The fourth-order valence-electron chi connectivity index (χ4n) is 4.96. The maximum absolute atomic E-state index is 12.0. The van der Waals surface area contributed by atoms with Crippen molar-refractivity contribution in [2.45, 2.75) is 125 Å². The van der Waals surface area contributed by atoms with Crippen molar-refractivity contribution in [3.63, 3.8) is 0 Å². The molecule has 0 saturated heterocycles. The van der Waals surface area contributed by atoms with Gasteiger partial charge in [-0.25, -0.2) is 0 Å². The molecule has 0 aliphatic rings. The molecule has 0 saturated carbocycles. The summed E-state index contributed by atoms with van der Waals surface area (Å²) in [5.74, 6) is 2.18. The lowest BCUT2D eigenvalue weighted by atomic mass is 9.76. The van der Waals surface area contributed by atoms with Crippen molar-refractivity contribution < 1.29 is 9.53 Å². The van der Waals surface area contributed by atoms with Crippen LogP contribution >= 0.6 is 0 Å². The molecule has 188 valence electrons. The minimum atomic E-state index is -0.412. The first-order valence-electron chi connectivity index (χ1n) is 13.3. The molecule has 2 nitrogen and oxygen atoms in total. The van der Waals surface area contributed by atoms with Crippen molar-refractivity contribution >= 4 is 6.47 Å². The van der Waals surface area contributed by atoms with Crippen LogP contribution in [-0.4, -0.2) is 6.47 Å². The average molecular weight is 465 g/mol. The van der Waals surface area contributed by atoms with Crippen molar-refractivity contribution in [2.75, 3.05) is 0 Å². The number of carbonyl (C=O) groups excluding carboxylic acids is 1. The second-order valence-electron chi connectivity index (χ2n) is 11.8. The highest BCUT2D eigenvalue weighted by Crippen LogP contribution is 2.44. The molecule has 0 unspecified atom stereocenters. The summed E-state index contributed by atoms with van der Waals surface area (Å²) in [7, 11) is 0. The van der Waals surface area contributed by atoms with E-state index in [0.29, 0.717) is 42.0 Å². The second kappa shape index (κ2) is 11.6. The van der Waals surface area contributed by atoms with Crippen LogP contribution < -0.4 is 0 Å². The highest BCUT2D eigenvalue weighted by atomic mass is 16.5. The predicted molar refractivity (Wildman–Crippen MR) is 146 cm³/mol. The van der Waals surface area contributed by atoms with Gasteiger partial charge in [-0.15, -0.1) is 0 Å². The standard InChI is InChI=1S/C32H48O2/c1-18(2)24-13-26(20(5)6)30(27(14-24)21(7)8)32(34-17-33)31-28(22(9)10)15-25(19(3)4)16-29(31)23(11)12/h13-23,32H,1-12H3. The van der Waals surface area contributed by atoms with Gasteiger partial charge in [0.15, 0.2) is 6.10 Å². The van der Waals surface area contributed by atoms with Gasteiger partial charge in [-0.3, -0.25) is 4.79 Å². The van der Waals surface area contributed by atoms with Crippen molar-refractivity contribution in [1.82, 2.24) is 0 Å². The molecule has 0 aliphatic heterocycles. The van der Waals surface area contributed by atoms with Gasteiger partial charge in [0, 0.05) is 11.1 Å². The van der Waals surface area contributed by atoms with E-state index in [1.807, 2.05) is 0 Å². The molecular weight excluding hydrogens is 416 g/mol. The molecular formula is C32H48O2. The highest BCUT2D eigenvalue weighted by molar-refractivity contribution is 5.55. The molecule has 0 heterocycles. The Morgan fingerprint density at radius 3 is 0.941 bits per heavy atom. The molecule has 2 heteroatoms. The van der Waals surface area contributed by atoms with Crippen LogP contribution in [0.15, 0.2) is 24.3 Å². The molecule has 0 bridgehead atoms. The normalized spacial score (nSPS) is 12.3. The van der Waals surface area contributed by atoms with Gasteiger partial charge < -0.3 is 4.74 Å². The Labute approximate surface area is 209 Å². The molecule has 0 aromatic heterocycles. The zero-order valence-corrected chi connectivity index (χ0v) is 23.7. The first-order valence-corrected chi connectivity index (χ1v) is 13.3. The maximum Gasteiger partial charge on any atom is 0.294 e. The lowest BCUT2D eigenvalue weighted by Gasteiger charge is -2.32. The van der Waals surface area contributed by atoms with Gasteiger partial charge in [0.25, 0.3) is 6.47 Å². The summed E-state index contributed by atoms with van der Waals surface area (Å²) >= 11 is 0. The fraction of sp³-hybridized carbons (Fsp3) is 0.594. The molecule has 34 heavy (non-hydrogen) atoms. The number of ether oxygens (including phenoxy) is 1. The van der Waals surface area contributed by atoms with Gasteiger partial charge in [-0.1, -0.05) is 107 Å². The molecule has 0 amide bonds. The number of hydrogen-bond acceptors (Lipinski definition) is 2. The molecule has 0 aliphatic carbocycles. The predicted octanol–water partition coefficient (Wildman–Crippen LogP) is 9.69. The van der Waals surface area contributed by atoms with Gasteiger partial charge in [-0.05, 0) is 68.9 Å². The van der Waals surface area contributed by atoms with Gasteiger partial charge in [0.1, 0.15) is 0 Å². The van der Waals surface area contributed by atoms with E-state index < -0.39 is 6.10 Å². The Morgan fingerprint density at radius 1 is 0.500 bits per heavy atom. The summed E-state index contributed by atoms with van der Waals surface area (Å²) < 4.78 is 6.10. The molecule has 0 spiro atoms. The minimum absolute atomic E-state index is 0.323. The Kier molecular flexibility index (Phi) is 9.57. The third-order valence-electron chi connectivity index (χ3n) is 7.07. The molecule has 0 atom stereocenters. The summed E-state index contributed by atoms with van der Waals surface area (Å²) in [6.07, 6.45) is -0.412. The lowest BCUT2D eigenvalue weighted by Crippen LogP contribution is -2.19. The quantitative estimate of drug-likeness (QED) is 0.327. The Morgan fingerprint density at radius 2 is 0.765 bits per heavy atom. The number of hydrogen-bond donors (Lipinski definition) is 0. The zero-order chi connectivity index (χ0) is 25.9. The van der Waals surface area contributed by atoms with Crippen molar-refractivity contribution in [1.29, 1.82) is 0 Å². The van der Waals surface area contributed by atoms with Crippen LogP contribution in [0.1, 0.15) is 169 Å². The van der Waals surface area contributed by atoms with Gasteiger partial charge in [-0.2, -0.15) is 0 Å². The fourth-order valence-corrected chi connectivity index (χ4v) is 4.96. The molecule has 0 radical (unpaired) electrons. The van der Waals surface area contributed by atoms with Crippen LogP contribution in [0.5, 0.6) is 0 Å². The summed E-state index contributed by atoms with van der Waals surface area (Å²) in [6.45, 7) is 27.7. The van der Waals surface area contributed by atoms with E-state index in [-0.39, 0.29) is 0 Å². The molecule has 0 fully saturated rings. The van der Waals surface area contributed by atoms with Crippen molar-refractivity contribution in [3.8, 4) is 0 Å². The van der Waals surface area contributed by atoms with Crippen LogP contribution in [0.4, 0.5) is 0 Å². The first kappa shape index (κ1) is 28.1. The Hall–Kier alpha value is -2.09.